The van der Waals surface area contributed by atoms with Crippen LogP contribution in [0.15, 0.2) is 29.3 Å². The van der Waals surface area contributed by atoms with Crippen molar-refractivity contribution in [1.29, 1.82) is 0 Å². The Morgan fingerprint density at radius 1 is 1.38 bits per heavy atom. The van der Waals surface area contributed by atoms with Crippen LogP contribution >= 0.6 is 24.0 Å². The Morgan fingerprint density at radius 3 is 2.71 bits per heavy atom. The van der Waals surface area contributed by atoms with Crippen LogP contribution in [0.5, 0.6) is 0 Å². The summed E-state index contributed by atoms with van der Waals surface area (Å²) in [6, 6.07) is 7.74. The normalized spacial score (nSPS) is 21.7. The van der Waals surface area contributed by atoms with E-state index in [2.05, 4.69) is 41.3 Å². The largest absolute Gasteiger partial charge is 0.356 e. The van der Waals surface area contributed by atoms with Crippen molar-refractivity contribution >= 4 is 29.9 Å². The summed E-state index contributed by atoms with van der Waals surface area (Å²) in [4.78, 5) is 6.79. The molecule has 0 radical (unpaired) electrons. The average molecular weight is 448 g/mol. The third kappa shape index (κ3) is 6.20. The average Bonchev–Trinajstić information content (AvgIpc) is 2.87. The van der Waals surface area contributed by atoms with E-state index in [0.29, 0.717) is 18.0 Å². The second-order valence-corrected chi connectivity index (χ2v) is 6.65. The highest BCUT2D eigenvalue weighted by Crippen LogP contribution is 2.18. The standard InChI is InChI=1S/C18H29FN4.HI/c1-13(2)23-11-14(3)17(12-23)22-18(20-4)21-9-8-15-6-5-7-16(19)10-15;/h5-7,10,13-14,17H,8-9,11-12H2,1-4H3,(H2,20,21,22);1H. The molecule has 0 aromatic heterocycles. The molecule has 0 spiro atoms. The van der Waals surface area contributed by atoms with Gasteiger partial charge < -0.3 is 10.6 Å². The summed E-state index contributed by atoms with van der Waals surface area (Å²) >= 11 is 0. The second kappa shape index (κ2) is 10.2. The molecule has 1 aromatic rings. The molecule has 1 aliphatic heterocycles. The minimum Gasteiger partial charge on any atom is -0.356 e. The van der Waals surface area contributed by atoms with Gasteiger partial charge in [-0.05, 0) is 43.9 Å². The lowest BCUT2D eigenvalue weighted by Crippen LogP contribution is -2.47. The molecule has 0 saturated carbocycles. The molecule has 0 aliphatic carbocycles. The molecule has 1 aromatic carbocycles. The molecule has 6 heteroatoms. The first-order valence-corrected chi connectivity index (χ1v) is 8.45. The van der Waals surface area contributed by atoms with Gasteiger partial charge in [-0.3, -0.25) is 9.89 Å². The maximum absolute atomic E-state index is 13.2. The predicted molar refractivity (Wildman–Crippen MR) is 110 cm³/mol. The number of aliphatic imine (C=N–C) groups is 1. The zero-order valence-electron chi connectivity index (χ0n) is 15.1. The maximum atomic E-state index is 13.2. The van der Waals surface area contributed by atoms with Crippen molar-refractivity contribution in [2.75, 3.05) is 26.7 Å². The maximum Gasteiger partial charge on any atom is 0.191 e. The van der Waals surface area contributed by atoms with Crippen LogP contribution in [0.4, 0.5) is 4.39 Å². The minimum atomic E-state index is -0.182. The number of likely N-dealkylation sites (tertiary alicyclic amines) is 1. The highest BCUT2D eigenvalue weighted by molar-refractivity contribution is 14.0. The highest BCUT2D eigenvalue weighted by Gasteiger charge is 2.31. The van der Waals surface area contributed by atoms with Crippen molar-refractivity contribution in [2.45, 2.75) is 39.3 Å². The molecule has 4 nitrogen and oxygen atoms in total. The summed E-state index contributed by atoms with van der Waals surface area (Å²) in [7, 11) is 1.79. The molecule has 136 valence electrons. The van der Waals surface area contributed by atoms with Crippen molar-refractivity contribution < 1.29 is 4.39 Å². The first-order valence-electron chi connectivity index (χ1n) is 8.45. The molecule has 1 saturated heterocycles. The molecular weight excluding hydrogens is 418 g/mol. The van der Waals surface area contributed by atoms with Crippen LogP contribution in [0.3, 0.4) is 0 Å². The Bertz CT molecular complexity index is 536. The van der Waals surface area contributed by atoms with Gasteiger partial charge in [0.25, 0.3) is 0 Å². The number of hydrogen-bond donors (Lipinski definition) is 2. The van der Waals surface area contributed by atoms with E-state index >= 15 is 0 Å². The summed E-state index contributed by atoms with van der Waals surface area (Å²) in [5, 5.41) is 6.85. The molecule has 0 amide bonds. The third-order valence-electron chi connectivity index (χ3n) is 4.51. The minimum absolute atomic E-state index is 0. The van der Waals surface area contributed by atoms with Gasteiger partial charge in [0.15, 0.2) is 5.96 Å². The second-order valence-electron chi connectivity index (χ2n) is 6.65. The zero-order chi connectivity index (χ0) is 16.8. The number of guanidine groups is 1. The van der Waals surface area contributed by atoms with E-state index in [1.807, 2.05) is 6.07 Å². The van der Waals surface area contributed by atoms with Gasteiger partial charge in [-0.25, -0.2) is 4.39 Å². The van der Waals surface area contributed by atoms with Crippen LogP contribution in [0.1, 0.15) is 26.3 Å². The Kier molecular flexibility index (Phi) is 8.97. The van der Waals surface area contributed by atoms with Crippen LogP contribution in [-0.4, -0.2) is 49.6 Å². The van der Waals surface area contributed by atoms with Crippen LogP contribution in [0, 0.1) is 11.7 Å². The highest BCUT2D eigenvalue weighted by atomic mass is 127. The van der Waals surface area contributed by atoms with Gasteiger partial charge in [0.05, 0.1) is 0 Å². The molecular formula is C18H30FIN4. The summed E-state index contributed by atoms with van der Waals surface area (Å²) in [5.74, 6) is 1.24. The monoisotopic (exact) mass is 448 g/mol. The summed E-state index contributed by atoms with van der Waals surface area (Å²) < 4.78 is 13.2. The van der Waals surface area contributed by atoms with Crippen molar-refractivity contribution in [3.8, 4) is 0 Å². The van der Waals surface area contributed by atoms with E-state index in [-0.39, 0.29) is 29.8 Å². The summed E-state index contributed by atoms with van der Waals surface area (Å²) in [5.41, 5.74) is 0.994. The molecule has 2 atom stereocenters. The van der Waals surface area contributed by atoms with Crippen LogP contribution in [0.25, 0.3) is 0 Å². The third-order valence-corrected chi connectivity index (χ3v) is 4.51. The topological polar surface area (TPSA) is 39.7 Å². The van der Waals surface area contributed by atoms with Gasteiger partial charge in [-0.15, -0.1) is 24.0 Å². The molecule has 24 heavy (non-hydrogen) atoms. The van der Waals surface area contributed by atoms with Crippen molar-refractivity contribution in [3.63, 3.8) is 0 Å². The number of nitrogens with one attached hydrogen (secondary N) is 2. The van der Waals surface area contributed by atoms with E-state index in [1.54, 1.807) is 19.2 Å². The zero-order valence-corrected chi connectivity index (χ0v) is 17.4. The number of nitrogens with zero attached hydrogens (tertiary/aromatic N) is 2. The summed E-state index contributed by atoms with van der Waals surface area (Å²) in [6.45, 7) is 9.65. The van der Waals surface area contributed by atoms with Gasteiger partial charge in [0, 0.05) is 38.8 Å². The fourth-order valence-corrected chi connectivity index (χ4v) is 3.00. The lowest BCUT2D eigenvalue weighted by atomic mass is 10.1. The van der Waals surface area contributed by atoms with Gasteiger partial charge in [-0.2, -0.15) is 0 Å². The van der Waals surface area contributed by atoms with Crippen molar-refractivity contribution in [3.05, 3.63) is 35.6 Å². The SMILES string of the molecule is CN=C(NCCc1cccc(F)c1)NC1CN(C(C)C)CC1C.I. The number of rotatable bonds is 5. The first kappa shape index (κ1) is 21.2. The van der Waals surface area contributed by atoms with Crippen LogP contribution in [-0.2, 0) is 6.42 Å². The number of benzene rings is 1. The molecule has 0 bridgehead atoms. The Morgan fingerprint density at radius 2 is 2.12 bits per heavy atom. The molecule has 2 N–H and O–H groups in total. The van der Waals surface area contributed by atoms with Gasteiger partial charge >= 0.3 is 0 Å². The molecule has 1 fully saturated rings. The van der Waals surface area contributed by atoms with Crippen molar-refractivity contribution in [1.82, 2.24) is 15.5 Å². The molecule has 1 aliphatic rings. The van der Waals surface area contributed by atoms with E-state index < -0.39 is 0 Å². The number of halogens is 2. The van der Waals surface area contributed by atoms with E-state index in [9.17, 15) is 4.39 Å². The lowest BCUT2D eigenvalue weighted by molar-refractivity contribution is 0.265. The fraction of sp³-hybridized carbons (Fsp3) is 0.611. The van der Waals surface area contributed by atoms with Crippen LogP contribution < -0.4 is 10.6 Å². The van der Waals surface area contributed by atoms with Gasteiger partial charge in [0.1, 0.15) is 5.82 Å². The van der Waals surface area contributed by atoms with Gasteiger partial charge in [0.2, 0.25) is 0 Å². The van der Waals surface area contributed by atoms with E-state index in [1.165, 1.54) is 6.07 Å². The van der Waals surface area contributed by atoms with Crippen LogP contribution in [0.2, 0.25) is 0 Å². The fourth-order valence-electron chi connectivity index (χ4n) is 3.00. The first-order chi connectivity index (χ1) is 11.0. The molecule has 2 rings (SSSR count). The Balaban J connectivity index is 0.00000288. The quantitative estimate of drug-likeness (QED) is 0.414. The smallest absolute Gasteiger partial charge is 0.191 e. The molecule has 2 unspecified atom stereocenters. The van der Waals surface area contributed by atoms with E-state index in [4.69, 9.17) is 0 Å². The van der Waals surface area contributed by atoms with E-state index in [0.717, 1.165) is 37.6 Å². The number of hydrogen-bond acceptors (Lipinski definition) is 2. The molecule has 1 heterocycles. The van der Waals surface area contributed by atoms with Crippen molar-refractivity contribution in [2.24, 2.45) is 10.9 Å². The Labute approximate surface area is 162 Å². The summed E-state index contributed by atoms with van der Waals surface area (Å²) in [6.07, 6.45) is 0.775. The van der Waals surface area contributed by atoms with Gasteiger partial charge in [-0.1, -0.05) is 19.1 Å². The Hall–Kier alpha value is -0.890. The lowest BCUT2D eigenvalue weighted by Gasteiger charge is -2.22. The predicted octanol–water partition coefficient (Wildman–Crippen LogP) is 2.88.